The van der Waals surface area contributed by atoms with Crippen LogP contribution in [0.5, 0.6) is 0 Å². The van der Waals surface area contributed by atoms with Crippen LogP contribution in [-0.4, -0.2) is 12.5 Å². The summed E-state index contributed by atoms with van der Waals surface area (Å²) in [5.41, 5.74) is 7.22. The first kappa shape index (κ1) is 10.1. The second-order valence-corrected chi connectivity index (χ2v) is 3.71. The van der Waals surface area contributed by atoms with Crippen molar-refractivity contribution >= 4 is 5.91 Å². The van der Waals surface area contributed by atoms with Crippen LogP contribution in [0, 0.1) is 5.82 Å². The normalized spacial score (nSPS) is 18.7. The van der Waals surface area contributed by atoms with Crippen LogP contribution in [0.4, 0.5) is 4.39 Å². The highest BCUT2D eigenvalue weighted by molar-refractivity contribution is 5.78. The molecule has 1 amide bonds. The Morgan fingerprint density at radius 1 is 1.60 bits per heavy atom. The third kappa shape index (κ3) is 1.99. The van der Waals surface area contributed by atoms with E-state index in [9.17, 15) is 9.18 Å². The summed E-state index contributed by atoms with van der Waals surface area (Å²) in [5.74, 6) is -0.392. The van der Waals surface area contributed by atoms with Gasteiger partial charge in [0, 0.05) is 0 Å². The third-order valence-electron chi connectivity index (χ3n) is 2.70. The van der Waals surface area contributed by atoms with Crippen LogP contribution in [0.15, 0.2) is 18.2 Å². The van der Waals surface area contributed by atoms with Gasteiger partial charge in [0.2, 0.25) is 5.91 Å². The molecule has 0 heterocycles. The molecule has 15 heavy (non-hydrogen) atoms. The fourth-order valence-corrected chi connectivity index (χ4v) is 1.99. The Bertz CT molecular complexity index is 392. The van der Waals surface area contributed by atoms with E-state index in [0.29, 0.717) is 0 Å². The standard InChI is InChI=1S/C11H13FN2O/c12-8-2-3-9-7(5-8)1-4-10(9)14-11(15)6-13/h2-3,5,10H,1,4,6,13H2,(H,14,15). The van der Waals surface area contributed by atoms with Gasteiger partial charge in [-0.05, 0) is 36.1 Å². The molecule has 0 fully saturated rings. The first-order valence-corrected chi connectivity index (χ1v) is 4.98. The number of halogens is 1. The van der Waals surface area contributed by atoms with Crippen LogP contribution < -0.4 is 11.1 Å². The molecule has 0 saturated heterocycles. The molecule has 4 heteroatoms. The Labute approximate surface area is 87.5 Å². The number of carbonyl (C=O) groups is 1. The van der Waals surface area contributed by atoms with Crippen LogP contribution in [0.3, 0.4) is 0 Å². The van der Waals surface area contributed by atoms with Crippen molar-refractivity contribution in [2.75, 3.05) is 6.54 Å². The Hall–Kier alpha value is -1.42. The fourth-order valence-electron chi connectivity index (χ4n) is 1.99. The molecule has 0 bridgehead atoms. The van der Waals surface area contributed by atoms with E-state index < -0.39 is 0 Å². The summed E-state index contributed by atoms with van der Waals surface area (Å²) in [6, 6.07) is 4.69. The van der Waals surface area contributed by atoms with Crippen LogP contribution in [-0.2, 0) is 11.2 Å². The molecule has 1 aromatic rings. The van der Waals surface area contributed by atoms with Crippen molar-refractivity contribution in [1.29, 1.82) is 0 Å². The molecular weight excluding hydrogens is 195 g/mol. The van der Waals surface area contributed by atoms with Gasteiger partial charge in [0.25, 0.3) is 0 Å². The zero-order chi connectivity index (χ0) is 10.8. The first-order chi connectivity index (χ1) is 7.20. The van der Waals surface area contributed by atoms with E-state index in [-0.39, 0.29) is 24.3 Å². The van der Waals surface area contributed by atoms with Crippen molar-refractivity contribution in [2.24, 2.45) is 5.73 Å². The van der Waals surface area contributed by atoms with Crippen molar-refractivity contribution in [1.82, 2.24) is 5.32 Å². The van der Waals surface area contributed by atoms with Crippen molar-refractivity contribution < 1.29 is 9.18 Å². The van der Waals surface area contributed by atoms with Crippen LogP contribution in [0.25, 0.3) is 0 Å². The summed E-state index contributed by atoms with van der Waals surface area (Å²) < 4.78 is 12.9. The van der Waals surface area contributed by atoms with Gasteiger partial charge in [-0.25, -0.2) is 4.39 Å². The minimum Gasteiger partial charge on any atom is -0.348 e. The molecule has 2 rings (SSSR count). The van der Waals surface area contributed by atoms with Crippen LogP contribution in [0.1, 0.15) is 23.6 Å². The maximum absolute atomic E-state index is 12.9. The molecule has 3 nitrogen and oxygen atoms in total. The van der Waals surface area contributed by atoms with Crippen LogP contribution >= 0.6 is 0 Å². The zero-order valence-corrected chi connectivity index (χ0v) is 8.29. The molecule has 1 aliphatic carbocycles. The molecule has 0 spiro atoms. The Kier molecular flexibility index (Phi) is 2.68. The zero-order valence-electron chi connectivity index (χ0n) is 8.29. The number of fused-ring (bicyclic) bond motifs is 1. The number of benzene rings is 1. The molecule has 1 atom stereocenters. The highest BCUT2D eigenvalue weighted by atomic mass is 19.1. The van der Waals surface area contributed by atoms with E-state index in [0.717, 1.165) is 24.0 Å². The Morgan fingerprint density at radius 3 is 3.13 bits per heavy atom. The van der Waals surface area contributed by atoms with Gasteiger partial charge in [-0.3, -0.25) is 4.79 Å². The highest BCUT2D eigenvalue weighted by Gasteiger charge is 2.23. The predicted molar refractivity (Wildman–Crippen MR) is 54.7 cm³/mol. The van der Waals surface area contributed by atoms with Crippen LogP contribution in [0.2, 0.25) is 0 Å². The molecule has 0 aromatic heterocycles. The molecule has 1 unspecified atom stereocenters. The minimum atomic E-state index is -0.223. The third-order valence-corrected chi connectivity index (χ3v) is 2.70. The molecular formula is C11H13FN2O. The highest BCUT2D eigenvalue weighted by Crippen LogP contribution is 2.31. The minimum absolute atomic E-state index is 0.00310. The van der Waals surface area contributed by atoms with E-state index in [4.69, 9.17) is 5.73 Å². The number of hydrogen-bond acceptors (Lipinski definition) is 2. The van der Waals surface area contributed by atoms with Crippen molar-refractivity contribution in [2.45, 2.75) is 18.9 Å². The van der Waals surface area contributed by atoms with Gasteiger partial charge >= 0.3 is 0 Å². The van der Waals surface area contributed by atoms with Gasteiger partial charge in [-0.15, -0.1) is 0 Å². The summed E-state index contributed by atoms with van der Waals surface area (Å²) in [6.45, 7) is -0.00692. The molecule has 0 radical (unpaired) electrons. The number of amides is 1. The summed E-state index contributed by atoms with van der Waals surface area (Å²) in [6.07, 6.45) is 1.63. The smallest absolute Gasteiger partial charge is 0.234 e. The molecule has 80 valence electrons. The van der Waals surface area contributed by atoms with Gasteiger partial charge in [0.1, 0.15) is 5.82 Å². The SMILES string of the molecule is NCC(=O)NC1CCc2cc(F)ccc21. The second-order valence-electron chi connectivity index (χ2n) is 3.71. The maximum Gasteiger partial charge on any atom is 0.234 e. The first-order valence-electron chi connectivity index (χ1n) is 4.98. The van der Waals surface area contributed by atoms with E-state index in [1.807, 2.05) is 0 Å². The molecule has 1 aliphatic rings. The van der Waals surface area contributed by atoms with Gasteiger partial charge in [0.05, 0.1) is 12.6 Å². The van der Waals surface area contributed by atoms with E-state index in [1.54, 1.807) is 6.07 Å². The van der Waals surface area contributed by atoms with Gasteiger partial charge in [0.15, 0.2) is 0 Å². The van der Waals surface area contributed by atoms with Crippen molar-refractivity contribution in [3.05, 3.63) is 35.1 Å². The number of rotatable bonds is 2. The fraction of sp³-hybridized carbons (Fsp3) is 0.364. The number of nitrogens with one attached hydrogen (secondary N) is 1. The van der Waals surface area contributed by atoms with E-state index in [2.05, 4.69) is 5.32 Å². The molecule has 0 saturated carbocycles. The topological polar surface area (TPSA) is 55.1 Å². The number of carbonyl (C=O) groups excluding carboxylic acids is 1. The average Bonchev–Trinajstić information content (AvgIpc) is 2.60. The summed E-state index contributed by atoms with van der Waals surface area (Å²) >= 11 is 0. The molecule has 3 N–H and O–H groups in total. The van der Waals surface area contributed by atoms with Gasteiger partial charge in [-0.1, -0.05) is 6.07 Å². The predicted octanol–water partition coefficient (Wildman–Crippen LogP) is 0.888. The lowest BCUT2D eigenvalue weighted by Gasteiger charge is -2.13. The van der Waals surface area contributed by atoms with E-state index in [1.165, 1.54) is 12.1 Å². The van der Waals surface area contributed by atoms with E-state index >= 15 is 0 Å². The summed E-state index contributed by atoms with van der Waals surface area (Å²) in [4.78, 5) is 11.1. The number of aryl methyl sites for hydroxylation is 1. The Morgan fingerprint density at radius 2 is 2.40 bits per heavy atom. The van der Waals surface area contributed by atoms with Crippen molar-refractivity contribution in [3.63, 3.8) is 0 Å². The summed E-state index contributed by atoms with van der Waals surface area (Å²) in [5, 5.41) is 2.82. The largest absolute Gasteiger partial charge is 0.348 e. The molecule has 0 aliphatic heterocycles. The number of hydrogen-bond donors (Lipinski definition) is 2. The lowest BCUT2D eigenvalue weighted by atomic mass is 10.1. The maximum atomic E-state index is 12.9. The monoisotopic (exact) mass is 208 g/mol. The van der Waals surface area contributed by atoms with Crippen molar-refractivity contribution in [3.8, 4) is 0 Å². The summed E-state index contributed by atoms with van der Waals surface area (Å²) in [7, 11) is 0. The van der Waals surface area contributed by atoms with Gasteiger partial charge in [-0.2, -0.15) is 0 Å². The lowest BCUT2D eigenvalue weighted by Crippen LogP contribution is -2.32. The lowest BCUT2D eigenvalue weighted by molar-refractivity contribution is -0.120. The Balaban J connectivity index is 2.18. The quantitative estimate of drug-likeness (QED) is 0.758. The van der Waals surface area contributed by atoms with Gasteiger partial charge < -0.3 is 11.1 Å². The second kappa shape index (κ2) is 3.98. The molecule has 1 aromatic carbocycles. The number of nitrogens with two attached hydrogens (primary N) is 1. The average molecular weight is 208 g/mol.